The summed E-state index contributed by atoms with van der Waals surface area (Å²) in [6.07, 6.45) is 9.29. The van der Waals surface area contributed by atoms with E-state index in [1.807, 2.05) is 0 Å². The van der Waals surface area contributed by atoms with E-state index < -0.39 is 0 Å². The maximum atomic E-state index is 10.7. The maximum absolute atomic E-state index is 10.7. The van der Waals surface area contributed by atoms with E-state index in [-0.39, 0.29) is 35.5 Å². The molecule has 0 saturated carbocycles. The van der Waals surface area contributed by atoms with Crippen LogP contribution in [0.4, 0.5) is 0 Å². The van der Waals surface area contributed by atoms with Crippen LogP contribution in [0, 0.1) is 0 Å². The van der Waals surface area contributed by atoms with Crippen molar-refractivity contribution < 1.29 is 9.53 Å². The SMILES string of the molecule is CCCCCCCCCC(=O)OC.[Na]. The summed E-state index contributed by atoms with van der Waals surface area (Å²) in [6.45, 7) is 2.22. The van der Waals surface area contributed by atoms with Gasteiger partial charge in [-0.1, -0.05) is 45.4 Å². The first-order chi connectivity index (χ1) is 6.31. The molecule has 0 heterocycles. The molecule has 0 aromatic heterocycles. The summed E-state index contributed by atoms with van der Waals surface area (Å²) in [6, 6.07) is 0. The minimum atomic E-state index is -0.0754. The van der Waals surface area contributed by atoms with Crippen molar-refractivity contribution in [1.82, 2.24) is 0 Å². The molecule has 0 unspecified atom stereocenters. The van der Waals surface area contributed by atoms with Crippen LogP contribution in [-0.4, -0.2) is 42.6 Å². The Labute approximate surface area is 110 Å². The number of unbranched alkanes of at least 4 members (excludes halogenated alkanes) is 6. The Bertz CT molecular complexity index is 126. The quantitative estimate of drug-likeness (QED) is 0.349. The third kappa shape index (κ3) is 12.5. The van der Waals surface area contributed by atoms with Crippen LogP contribution in [0.15, 0.2) is 0 Å². The average Bonchev–Trinajstić information content (AvgIpc) is 2.16. The molecule has 0 N–H and O–H groups in total. The van der Waals surface area contributed by atoms with Gasteiger partial charge in [0.2, 0.25) is 0 Å². The molecule has 14 heavy (non-hydrogen) atoms. The molecule has 3 heteroatoms. The standard InChI is InChI=1S/C11H22O2.Na/c1-3-4-5-6-7-8-9-10-11(12)13-2;/h3-10H2,1-2H3;. The Morgan fingerprint density at radius 1 is 1.00 bits per heavy atom. The first kappa shape index (κ1) is 16.9. The van der Waals surface area contributed by atoms with Gasteiger partial charge in [0, 0.05) is 36.0 Å². The van der Waals surface area contributed by atoms with E-state index in [9.17, 15) is 4.79 Å². The van der Waals surface area contributed by atoms with Gasteiger partial charge in [-0.05, 0) is 6.42 Å². The van der Waals surface area contributed by atoms with Crippen molar-refractivity contribution in [3.05, 3.63) is 0 Å². The molecule has 0 amide bonds. The predicted molar refractivity (Wildman–Crippen MR) is 60.4 cm³/mol. The van der Waals surface area contributed by atoms with E-state index in [0.29, 0.717) is 6.42 Å². The third-order valence-corrected chi connectivity index (χ3v) is 2.21. The summed E-state index contributed by atoms with van der Waals surface area (Å²) >= 11 is 0. The molecule has 0 aromatic carbocycles. The van der Waals surface area contributed by atoms with E-state index in [1.54, 1.807) is 0 Å². The van der Waals surface area contributed by atoms with Crippen LogP contribution in [0.2, 0.25) is 0 Å². The molecule has 0 spiro atoms. The Kier molecular flexibility index (Phi) is 16.2. The van der Waals surface area contributed by atoms with Crippen molar-refractivity contribution in [1.29, 1.82) is 0 Å². The van der Waals surface area contributed by atoms with E-state index in [1.165, 1.54) is 45.6 Å². The second-order valence-corrected chi connectivity index (χ2v) is 3.45. The minimum Gasteiger partial charge on any atom is -0.469 e. The van der Waals surface area contributed by atoms with Crippen molar-refractivity contribution in [2.24, 2.45) is 0 Å². The molecule has 0 bridgehead atoms. The van der Waals surface area contributed by atoms with Gasteiger partial charge in [0.25, 0.3) is 0 Å². The van der Waals surface area contributed by atoms with Gasteiger partial charge >= 0.3 is 5.97 Å². The topological polar surface area (TPSA) is 26.3 Å². The van der Waals surface area contributed by atoms with Gasteiger partial charge in [0.15, 0.2) is 0 Å². The van der Waals surface area contributed by atoms with Crippen molar-refractivity contribution in [2.75, 3.05) is 7.11 Å². The number of carbonyl (C=O) groups is 1. The fourth-order valence-electron chi connectivity index (χ4n) is 1.33. The second kappa shape index (κ2) is 13.5. The largest absolute Gasteiger partial charge is 0.469 e. The zero-order valence-electron chi connectivity index (χ0n) is 9.97. The molecule has 0 aliphatic heterocycles. The number of carbonyl (C=O) groups excluding carboxylic acids is 1. The normalized spacial score (nSPS) is 9.29. The summed E-state index contributed by atoms with van der Waals surface area (Å²) < 4.78 is 4.56. The van der Waals surface area contributed by atoms with Crippen LogP contribution in [-0.2, 0) is 9.53 Å². The van der Waals surface area contributed by atoms with Gasteiger partial charge in [-0.25, -0.2) is 0 Å². The van der Waals surface area contributed by atoms with Crippen molar-refractivity contribution in [2.45, 2.75) is 58.3 Å². The molecule has 1 radical (unpaired) electrons. The monoisotopic (exact) mass is 209 g/mol. The van der Waals surface area contributed by atoms with Crippen LogP contribution in [0.1, 0.15) is 58.3 Å². The molecule has 2 nitrogen and oxygen atoms in total. The van der Waals surface area contributed by atoms with Crippen LogP contribution >= 0.6 is 0 Å². The number of rotatable bonds is 8. The minimum absolute atomic E-state index is 0. The number of esters is 1. The first-order valence-corrected chi connectivity index (χ1v) is 5.38. The van der Waals surface area contributed by atoms with Crippen molar-refractivity contribution in [3.63, 3.8) is 0 Å². The second-order valence-electron chi connectivity index (χ2n) is 3.45. The molecule has 0 saturated heterocycles. The Balaban J connectivity index is 0. The third-order valence-electron chi connectivity index (χ3n) is 2.21. The Morgan fingerprint density at radius 3 is 2.00 bits per heavy atom. The van der Waals surface area contributed by atoms with E-state index in [2.05, 4.69) is 11.7 Å². The van der Waals surface area contributed by atoms with Crippen LogP contribution in [0.25, 0.3) is 0 Å². The molecule has 0 aromatic rings. The molecule has 0 atom stereocenters. The van der Waals surface area contributed by atoms with E-state index >= 15 is 0 Å². The van der Waals surface area contributed by atoms with Crippen molar-refractivity contribution in [3.8, 4) is 0 Å². The maximum Gasteiger partial charge on any atom is 0.305 e. The molecule has 0 rings (SSSR count). The van der Waals surface area contributed by atoms with Crippen molar-refractivity contribution >= 4 is 35.5 Å². The Hall–Kier alpha value is 0.470. The predicted octanol–water partition coefficient (Wildman–Crippen LogP) is 2.92. The number of hydrogen-bond donors (Lipinski definition) is 0. The van der Waals surface area contributed by atoms with E-state index in [0.717, 1.165) is 6.42 Å². The number of ether oxygens (including phenoxy) is 1. The smallest absolute Gasteiger partial charge is 0.305 e. The average molecular weight is 209 g/mol. The number of methoxy groups -OCH3 is 1. The van der Waals surface area contributed by atoms with E-state index in [4.69, 9.17) is 0 Å². The van der Waals surface area contributed by atoms with Gasteiger partial charge in [-0.2, -0.15) is 0 Å². The molecule has 0 aliphatic carbocycles. The molecular weight excluding hydrogens is 187 g/mol. The van der Waals surface area contributed by atoms with Crippen LogP contribution in [0.3, 0.4) is 0 Å². The van der Waals surface area contributed by atoms with Gasteiger partial charge < -0.3 is 4.74 Å². The van der Waals surface area contributed by atoms with Gasteiger partial charge in [0.1, 0.15) is 0 Å². The molecular formula is C11H22NaO2. The zero-order chi connectivity index (χ0) is 9.94. The Morgan fingerprint density at radius 2 is 1.50 bits per heavy atom. The van der Waals surface area contributed by atoms with Gasteiger partial charge in [-0.3, -0.25) is 4.79 Å². The number of hydrogen-bond acceptors (Lipinski definition) is 2. The van der Waals surface area contributed by atoms with Gasteiger partial charge in [-0.15, -0.1) is 0 Å². The summed E-state index contributed by atoms with van der Waals surface area (Å²) in [5.41, 5.74) is 0. The summed E-state index contributed by atoms with van der Waals surface area (Å²) in [5, 5.41) is 0. The zero-order valence-corrected chi connectivity index (χ0v) is 12.0. The van der Waals surface area contributed by atoms with Crippen LogP contribution in [0.5, 0.6) is 0 Å². The summed E-state index contributed by atoms with van der Waals surface area (Å²) in [4.78, 5) is 10.7. The molecule has 0 aliphatic rings. The molecule has 79 valence electrons. The summed E-state index contributed by atoms with van der Waals surface area (Å²) in [7, 11) is 1.45. The van der Waals surface area contributed by atoms with Crippen LogP contribution < -0.4 is 0 Å². The first-order valence-electron chi connectivity index (χ1n) is 5.38. The van der Waals surface area contributed by atoms with Gasteiger partial charge in [0.05, 0.1) is 7.11 Å². The fraction of sp³-hybridized carbons (Fsp3) is 0.909. The summed E-state index contributed by atoms with van der Waals surface area (Å²) in [5.74, 6) is -0.0754. The fourth-order valence-corrected chi connectivity index (χ4v) is 1.33. The molecule has 0 fully saturated rings.